The predicted molar refractivity (Wildman–Crippen MR) is 45.5 cm³/mol. The molecule has 49 valence electrons. The van der Waals surface area contributed by atoms with Crippen LogP contribution in [-0.2, 0) is 0 Å². The molecule has 0 aliphatic heterocycles. The molecule has 0 rings (SSSR count). The molecule has 2 heteroatoms. The molecule has 0 aromatic rings. The second kappa shape index (κ2) is 4.80. The Hall–Kier alpha value is 0.960. The maximum Gasteiger partial charge on any atom is 0.0543 e. The summed E-state index contributed by atoms with van der Waals surface area (Å²) in [7, 11) is 0. The van der Waals surface area contributed by atoms with Gasteiger partial charge in [-0.25, -0.2) is 0 Å². The molecule has 1 atom stereocenters. The minimum absolute atomic E-state index is 0.516. The van der Waals surface area contributed by atoms with Gasteiger partial charge in [0.05, 0.1) is 4.83 Å². The van der Waals surface area contributed by atoms with E-state index in [9.17, 15) is 0 Å². The molecule has 1 unspecified atom stereocenters. The molecule has 0 nitrogen and oxygen atoms in total. The fourth-order valence-electron chi connectivity index (χ4n) is 0.438. The summed E-state index contributed by atoms with van der Waals surface area (Å²) in [5.41, 5.74) is 0. The summed E-state index contributed by atoms with van der Waals surface area (Å²) in [5.74, 6) is 0. The molecule has 1 radical (unpaired) electrons. The van der Waals surface area contributed by atoms with Crippen LogP contribution in [0.25, 0.3) is 0 Å². The van der Waals surface area contributed by atoms with Crippen LogP contribution in [0, 0.1) is 4.83 Å². The van der Waals surface area contributed by atoms with Crippen molar-refractivity contribution < 1.29 is 0 Å². The number of hydrogen-bond donors (Lipinski definition) is 0. The standard InChI is InChI=1S/C6H11Br2/c1-3-4-6(8)5(2)7/h5H,3-4H2,1-2H3. The van der Waals surface area contributed by atoms with Gasteiger partial charge in [0, 0.05) is 4.83 Å². The highest BCUT2D eigenvalue weighted by Gasteiger charge is 2.08. The lowest BCUT2D eigenvalue weighted by Gasteiger charge is -2.07. The van der Waals surface area contributed by atoms with Crippen molar-refractivity contribution >= 4 is 31.9 Å². The molecule has 0 heterocycles. The smallest absolute Gasteiger partial charge is 0.0543 e. The Balaban J connectivity index is 3.17. The SMILES string of the molecule is CCC[C](Br)C(C)Br. The third kappa shape index (κ3) is 3.90. The van der Waals surface area contributed by atoms with Crippen LogP contribution in [0.3, 0.4) is 0 Å². The Morgan fingerprint density at radius 2 is 2.12 bits per heavy atom. The fraction of sp³-hybridized carbons (Fsp3) is 0.833. The van der Waals surface area contributed by atoms with Crippen molar-refractivity contribution in [2.75, 3.05) is 0 Å². The number of halogens is 2. The van der Waals surface area contributed by atoms with E-state index in [2.05, 4.69) is 45.7 Å². The zero-order valence-electron chi connectivity index (χ0n) is 5.25. The normalized spacial score (nSPS) is 14.6. The quantitative estimate of drug-likeness (QED) is 0.665. The first-order valence-corrected chi connectivity index (χ1v) is 4.54. The Bertz CT molecular complexity index is 52.5. The van der Waals surface area contributed by atoms with Gasteiger partial charge in [0.2, 0.25) is 0 Å². The van der Waals surface area contributed by atoms with Crippen molar-refractivity contribution in [3.63, 3.8) is 0 Å². The summed E-state index contributed by atoms with van der Waals surface area (Å²) in [5, 5.41) is 0. The number of hydrogen-bond acceptors (Lipinski definition) is 0. The second-order valence-electron chi connectivity index (χ2n) is 1.81. The van der Waals surface area contributed by atoms with E-state index < -0.39 is 0 Å². The summed E-state index contributed by atoms with van der Waals surface area (Å²) >= 11 is 6.93. The van der Waals surface area contributed by atoms with Crippen molar-refractivity contribution in [1.82, 2.24) is 0 Å². The van der Waals surface area contributed by atoms with Gasteiger partial charge in [0.25, 0.3) is 0 Å². The first-order valence-electron chi connectivity index (χ1n) is 2.83. The van der Waals surface area contributed by atoms with Crippen LogP contribution in [-0.4, -0.2) is 4.83 Å². The first-order chi connectivity index (χ1) is 3.68. The van der Waals surface area contributed by atoms with Crippen molar-refractivity contribution in [1.29, 1.82) is 0 Å². The molecule has 0 N–H and O–H groups in total. The average Bonchev–Trinajstić information content (AvgIpc) is 1.67. The zero-order chi connectivity index (χ0) is 6.57. The summed E-state index contributed by atoms with van der Waals surface area (Å²) in [4.78, 5) is 1.88. The summed E-state index contributed by atoms with van der Waals surface area (Å²) in [6.07, 6.45) is 2.39. The van der Waals surface area contributed by atoms with Gasteiger partial charge in [-0.15, -0.1) is 0 Å². The van der Waals surface area contributed by atoms with Gasteiger partial charge in [0.1, 0.15) is 0 Å². The van der Waals surface area contributed by atoms with E-state index in [1.165, 1.54) is 17.7 Å². The van der Waals surface area contributed by atoms with Gasteiger partial charge in [0.15, 0.2) is 0 Å². The van der Waals surface area contributed by atoms with Crippen LogP contribution in [0.2, 0.25) is 0 Å². The van der Waals surface area contributed by atoms with Gasteiger partial charge in [-0.05, 0) is 6.42 Å². The summed E-state index contributed by atoms with van der Waals surface area (Å²) in [6.45, 7) is 4.30. The minimum atomic E-state index is 0.516. The molecule has 0 fully saturated rings. The Morgan fingerprint density at radius 1 is 1.62 bits per heavy atom. The van der Waals surface area contributed by atoms with Crippen LogP contribution < -0.4 is 0 Å². The Labute approximate surface area is 68.3 Å². The van der Waals surface area contributed by atoms with Gasteiger partial charge in [-0.2, -0.15) is 0 Å². The van der Waals surface area contributed by atoms with Crippen LogP contribution in [0.15, 0.2) is 0 Å². The van der Waals surface area contributed by atoms with E-state index in [0.29, 0.717) is 4.83 Å². The van der Waals surface area contributed by atoms with Crippen molar-refractivity contribution in [3.05, 3.63) is 4.83 Å². The fourth-order valence-corrected chi connectivity index (χ4v) is 1.06. The maximum absolute atomic E-state index is 3.47. The lowest BCUT2D eigenvalue weighted by atomic mass is 10.2. The lowest BCUT2D eigenvalue weighted by Crippen LogP contribution is -1.98. The molecule has 8 heavy (non-hydrogen) atoms. The number of alkyl halides is 1. The summed E-state index contributed by atoms with van der Waals surface area (Å²) in [6, 6.07) is 0. The average molecular weight is 243 g/mol. The van der Waals surface area contributed by atoms with E-state index in [0.717, 1.165) is 0 Å². The van der Waals surface area contributed by atoms with Crippen LogP contribution in [0.1, 0.15) is 26.7 Å². The monoisotopic (exact) mass is 241 g/mol. The highest BCUT2D eigenvalue weighted by atomic mass is 79.9. The molecule has 0 amide bonds. The van der Waals surface area contributed by atoms with Gasteiger partial charge in [-0.1, -0.05) is 52.1 Å². The first kappa shape index (κ1) is 8.96. The predicted octanol–water partition coefficient (Wildman–Crippen LogP) is 3.50. The molecular weight excluding hydrogens is 232 g/mol. The van der Waals surface area contributed by atoms with E-state index in [-0.39, 0.29) is 0 Å². The molecule has 0 saturated heterocycles. The lowest BCUT2D eigenvalue weighted by molar-refractivity contribution is 0.846. The number of rotatable bonds is 3. The molecule has 0 aliphatic carbocycles. The zero-order valence-corrected chi connectivity index (χ0v) is 8.42. The second-order valence-corrected chi connectivity index (χ2v) is 4.20. The van der Waals surface area contributed by atoms with E-state index >= 15 is 0 Å². The van der Waals surface area contributed by atoms with Crippen molar-refractivity contribution in [2.24, 2.45) is 0 Å². The van der Waals surface area contributed by atoms with Gasteiger partial charge >= 0.3 is 0 Å². The van der Waals surface area contributed by atoms with Crippen molar-refractivity contribution in [3.8, 4) is 0 Å². The molecular formula is C6H11Br2. The van der Waals surface area contributed by atoms with E-state index in [4.69, 9.17) is 0 Å². The minimum Gasteiger partial charge on any atom is -0.0878 e. The largest absolute Gasteiger partial charge is 0.0878 e. The van der Waals surface area contributed by atoms with Crippen LogP contribution in [0.5, 0.6) is 0 Å². The third-order valence-corrected chi connectivity index (χ3v) is 3.17. The molecule has 0 bridgehead atoms. The molecule has 0 aromatic heterocycles. The molecule has 0 saturated carbocycles. The molecule has 0 spiro atoms. The van der Waals surface area contributed by atoms with Crippen LogP contribution in [0.4, 0.5) is 0 Å². The molecule has 0 aromatic carbocycles. The van der Waals surface area contributed by atoms with Gasteiger partial charge < -0.3 is 0 Å². The van der Waals surface area contributed by atoms with Crippen molar-refractivity contribution in [2.45, 2.75) is 31.5 Å². The highest BCUT2D eigenvalue weighted by Crippen LogP contribution is 2.25. The highest BCUT2D eigenvalue weighted by molar-refractivity contribution is 9.13. The molecule has 0 aliphatic rings. The summed E-state index contributed by atoms with van der Waals surface area (Å²) < 4.78 is 0. The Morgan fingerprint density at radius 3 is 2.25 bits per heavy atom. The van der Waals surface area contributed by atoms with Crippen LogP contribution >= 0.6 is 31.9 Å². The van der Waals surface area contributed by atoms with E-state index in [1.807, 2.05) is 0 Å². The Kier molecular flexibility index (Phi) is 5.38. The topological polar surface area (TPSA) is 0 Å². The third-order valence-electron chi connectivity index (χ3n) is 0.920. The van der Waals surface area contributed by atoms with Gasteiger partial charge in [-0.3, -0.25) is 0 Å². The maximum atomic E-state index is 3.47. The van der Waals surface area contributed by atoms with E-state index in [1.54, 1.807) is 0 Å².